The van der Waals surface area contributed by atoms with Crippen LogP contribution in [0.4, 0.5) is 0 Å². The lowest BCUT2D eigenvalue weighted by Crippen LogP contribution is -2.33. The summed E-state index contributed by atoms with van der Waals surface area (Å²) >= 11 is 0. The first-order valence-electron chi connectivity index (χ1n) is 7.95. The van der Waals surface area contributed by atoms with Crippen molar-refractivity contribution in [1.29, 1.82) is 0 Å². The number of hydrogen-bond acceptors (Lipinski definition) is 2. The van der Waals surface area contributed by atoms with Crippen molar-refractivity contribution in [3.63, 3.8) is 0 Å². The van der Waals surface area contributed by atoms with E-state index in [1.807, 2.05) is 0 Å². The number of fused-ring (bicyclic) bond motifs is 2. The Hall–Kier alpha value is -0.370. The van der Waals surface area contributed by atoms with Crippen LogP contribution in [0.3, 0.4) is 0 Å². The molecule has 0 spiro atoms. The van der Waals surface area contributed by atoms with E-state index in [1.54, 1.807) is 0 Å². The van der Waals surface area contributed by atoms with Crippen LogP contribution < -0.4 is 0 Å². The second kappa shape index (κ2) is 5.32. The summed E-state index contributed by atoms with van der Waals surface area (Å²) < 4.78 is 0. The molecule has 2 heteroatoms. The Labute approximate surface area is 110 Å². The van der Waals surface area contributed by atoms with Gasteiger partial charge in [0.2, 0.25) is 0 Å². The Morgan fingerprint density at radius 1 is 1.06 bits per heavy atom. The van der Waals surface area contributed by atoms with Gasteiger partial charge in [0.25, 0.3) is 0 Å². The number of ketones is 1. The highest BCUT2D eigenvalue weighted by Gasteiger charge is 2.41. The molecule has 0 radical (unpaired) electrons. The van der Waals surface area contributed by atoms with Crippen molar-refractivity contribution in [2.45, 2.75) is 70.3 Å². The highest BCUT2D eigenvalue weighted by atomic mass is 16.3. The van der Waals surface area contributed by atoms with E-state index in [2.05, 4.69) is 0 Å². The molecule has 3 aliphatic rings. The Morgan fingerprint density at radius 3 is 2.44 bits per heavy atom. The van der Waals surface area contributed by atoms with Gasteiger partial charge in [-0.15, -0.1) is 0 Å². The average molecular weight is 250 g/mol. The van der Waals surface area contributed by atoms with Gasteiger partial charge in [0.05, 0.1) is 0 Å². The van der Waals surface area contributed by atoms with Crippen molar-refractivity contribution in [3.8, 4) is 0 Å². The summed E-state index contributed by atoms with van der Waals surface area (Å²) in [4.78, 5) is 12.2. The lowest BCUT2D eigenvalue weighted by Gasteiger charge is -2.28. The smallest absolute Gasteiger partial charge is 0.161 e. The standard InChI is InChI=1S/C16H26O2/c17-15(16(18)12-4-2-1-3-5-12)10-14-9-11-6-7-13(14)8-11/h11-14,16,18H,1-10H2. The zero-order chi connectivity index (χ0) is 12.5. The number of carbonyl (C=O) groups excluding carboxylic acids is 1. The van der Waals surface area contributed by atoms with E-state index >= 15 is 0 Å². The van der Waals surface area contributed by atoms with Crippen LogP contribution in [-0.2, 0) is 4.79 Å². The van der Waals surface area contributed by atoms with E-state index in [0.29, 0.717) is 12.3 Å². The molecule has 0 heterocycles. The van der Waals surface area contributed by atoms with Crippen molar-refractivity contribution in [2.24, 2.45) is 23.7 Å². The third-order valence-corrected chi connectivity index (χ3v) is 5.77. The van der Waals surface area contributed by atoms with E-state index in [4.69, 9.17) is 0 Å². The molecule has 3 rings (SSSR count). The molecule has 0 saturated heterocycles. The molecule has 0 amide bonds. The number of hydrogen-bond donors (Lipinski definition) is 1. The van der Waals surface area contributed by atoms with Crippen LogP contribution in [0.1, 0.15) is 64.2 Å². The van der Waals surface area contributed by atoms with Gasteiger partial charge in [0.15, 0.2) is 5.78 Å². The minimum absolute atomic E-state index is 0.152. The summed E-state index contributed by atoms with van der Waals surface area (Å²) in [7, 11) is 0. The fourth-order valence-electron chi connectivity index (χ4n) is 4.72. The zero-order valence-electron chi connectivity index (χ0n) is 11.3. The van der Waals surface area contributed by atoms with Gasteiger partial charge in [-0.1, -0.05) is 25.7 Å². The van der Waals surface area contributed by atoms with Crippen LogP contribution in [0, 0.1) is 23.7 Å². The molecule has 102 valence electrons. The molecule has 3 saturated carbocycles. The summed E-state index contributed by atoms with van der Waals surface area (Å²) in [5.41, 5.74) is 0. The Bertz CT molecular complexity index is 306. The molecule has 0 aliphatic heterocycles. The molecule has 0 aromatic rings. The maximum atomic E-state index is 12.2. The maximum absolute atomic E-state index is 12.2. The van der Waals surface area contributed by atoms with E-state index in [1.165, 1.54) is 44.9 Å². The van der Waals surface area contributed by atoms with Gasteiger partial charge in [-0.25, -0.2) is 0 Å². The van der Waals surface area contributed by atoms with Crippen LogP contribution in [0.2, 0.25) is 0 Å². The van der Waals surface area contributed by atoms with Crippen molar-refractivity contribution in [1.82, 2.24) is 0 Å². The number of Topliss-reactive ketones (excluding diaryl/α,β-unsaturated/α-hetero) is 1. The number of carbonyl (C=O) groups is 1. The van der Waals surface area contributed by atoms with E-state index in [0.717, 1.165) is 24.7 Å². The summed E-state index contributed by atoms with van der Waals surface area (Å²) in [5.74, 6) is 2.73. The Balaban J connectivity index is 1.51. The van der Waals surface area contributed by atoms with Crippen molar-refractivity contribution in [3.05, 3.63) is 0 Å². The first-order valence-corrected chi connectivity index (χ1v) is 7.95. The van der Waals surface area contributed by atoms with Crippen LogP contribution in [0.15, 0.2) is 0 Å². The molecular weight excluding hydrogens is 224 g/mol. The summed E-state index contributed by atoms with van der Waals surface area (Å²) in [6.45, 7) is 0. The van der Waals surface area contributed by atoms with Gasteiger partial charge in [0.1, 0.15) is 6.10 Å². The molecule has 1 N–H and O–H groups in total. The zero-order valence-corrected chi connectivity index (χ0v) is 11.3. The average Bonchev–Trinajstić information content (AvgIpc) is 3.01. The largest absolute Gasteiger partial charge is 0.385 e. The van der Waals surface area contributed by atoms with Crippen molar-refractivity contribution >= 4 is 5.78 Å². The first-order chi connectivity index (χ1) is 8.74. The van der Waals surface area contributed by atoms with Crippen LogP contribution in [0.25, 0.3) is 0 Å². The second-order valence-corrected chi connectivity index (χ2v) is 6.95. The molecule has 18 heavy (non-hydrogen) atoms. The second-order valence-electron chi connectivity index (χ2n) is 6.95. The van der Waals surface area contributed by atoms with Crippen molar-refractivity contribution < 1.29 is 9.90 Å². The predicted octanol–water partition coefficient (Wildman–Crippen LogP) is 3.32. The van der Waals surface area contributed by atoms with Gasteiger partial charge >= 0.3 is 0 Å². The van der Waals surface area contributed by atoms with Gasteiger partial charge < -0.3 is 5.11 Å². The minimum atomic E-state index is -0.649. The van der Waals surface area contributed by atoms with Crippen LogP contribution in [-0.4, -0.2) is 17.0 Å². The molecule has 4 unspecified atom stereocenters. The van der Waals surface area contributed by atoms with Gasteiger partial charge in [-0.2, -0.15) is 0 Å². The molecule has 0 aromatic heterocycles. The predicted molar refractivity (Wildman–Crippen MR) is 71.1 cm³/mol. The normalized spacial score (nSPS) is 37.9. The molecule has 3 fully saturated rings. The summed E-state index contributed by atoms with van der Waals surface area (Å²) in [5, 5.41) is 10.2. The SMILES string of the molecule is O=C(CC1CC2CCC1C2)C(O)C1CCCCC1. The highest BCUT2D eigenvalue weighted by molar-refractivity contribution is 5.83. The highest BCUT2D eigenvalue weighted by Crippen LogP contribution is 2.49. The first kappa shape index (κ1) is 12.7. The van der Waals surface area contributed by atoms with Gasteiger partial charge in [0, 0.05) is 6.42 Å². The molecule has 3 aliphatic carbocycles. The molecular formula is C16H26O2. The lowest BCUT2D eigenvalue weighted by molar-refractivity contribution is -0.131. The molecule has 4 atom stereocenters. The van der Waals surface area contributed by atoms with Gasteiger partial charge in [-0.05, 0) is 55.8 Å². The van der Waals surface area contributed by atoms with Gasteiger partial charge in [-0.3, -0.25) is 4.79 Å². The quantitative estimate of drug-likeness (QED) is 0.831. The number of aliphatic hydroxyl groups excluding tert-OH is 1. The Morgan fingerprint density at radius 2 is 1.83 bits per heavy atom. The van der Waals surface area contributed by atoms with E-state index in [9.17, 15) is 9.90 Å². The van der Waals surface area contributed by atoms with Crippen LogP contribution in [0.5, 0.6) is 0 Å². The number of rotatable bonds is 4. The molecule has 0 aromatic carbocycles. The number of aliphatic hydroxyl groups is 1. The lowest BCUT2D eigenvalue weighted by atomic mass is 9.79. The van der Waals surface area contributed by atoms with E-state index in [-0.39, 0.29) is 11.7 Å². The third kappa shape index (κ3) is 2.49. The topological polar surface area (TPSA) is 37.3 Å². The molecule has 2 nitrogen and oxygen atoms in total. The fraction of sp³-hybridized carbons (Fsp3) is 0.938. The monoisotopic (exact) mass is 250 g/mol. The Kier molecular flexibility index (Phi) is 3.74. The van der Waals surface area contributed by atoms with Crippen molar-refractivity contribution in [2.75, 3.05) is 0 Å². The van der Waals surface area contributed by atoms with Crippen LogP contribution >= 0.6 is 0 Å². The third-order valence-electron chi connectivity index (χ3n) is 5.77. The maximum Gasteiger partial charge on any atom is 0.161 e. The summed E-state index contributed by atoms with van der Waals surface area (Å²) in [6, 6.07) is 0. The molecule has 2 bridgehead atoms. The summed E-state index contributed by atoms with van der Waals surface area (Å²) in [6.07, 6.45) is 11.2. The fourth-order valence-corrected chi connectivity index (χ4v) is 4.72. The van der Waals surface area contributed by atoms with E-state index < -0.39 is 6.10 Å². The minimum Gasteiger partial charge on any atom is -0.385 e.